The molecule has 0 aromatic heterocycles. The van der Waals surface area contributed by atoms with Crippen molar-refractivity contribution < 1.29 is 13.2 Å². The van der Waals surface area contributed by atoms with Gasteiger partial charge in [0.15, 0.2) is 0 Å². The summed E-state index contributed by atoms with van der Waals surface area (Å²) in [5, 5.41) is 0. The van der Waals surface area contributed by atoms with Crippen molar-refractivity contribution in [2.45, 2.75) is 69.4 Å². The second-order valence-corrected chi connectivity index (χ2v) is 10.3. The van der Waals surface area contributed by atoms with E-state index in [1.807, 2.05) is 24.8 Å². The predicted octanol–water partition coefficient (Wildman–Crippen LogP) is 2.62. The first-order valence-corrected chi connectivity index (χ1v) is 12.0. The highest BCUT2D eigenvalue weighted by atomic mass is 32.2. The van der Waals surface area contributed by atoms with Gasteiger partial charge in [0.1, 0.15) is 0 Å². The maximum atomic E-state index is 13.2. The van der Waals surface area contributed by atoms with Gasteiger partial charge >= 0.3 is 0 Å². The monoisotopic (exact) mass is 405 g/mol. The van der Waals surface area contributed by atoms with Gasteiger partial charge in [-0.1, -0.05) is 19.8 Å². The van der Waals surface area contributed by atoms with E-state index in [9.17, 15) is 13.2 Å². The summed E-state index contributed by atoms with van der Waals surface area (Å²) in [7, 11) is -3.49. The van der Waals surface area contributed by atoms with Crippen molar-refractivity contribution >= 4 is 21.6 Å². The molecule has 1 aliphatic carbocycles. The van der Waals surface area contributed by atoms with E-state index in [4.69, 9.17) is 0 Å². The van der Waals surface area contributed by atoms with Crippen LogP contribution in [-0.4, -0.2) is 61.8 Å². The normalized spacial score (nSPS) is 24.6. The van der Waals surface area contributed by atoms with Crippen LogP contribution in [0.15, 0.2) is 23.1 Å². The number of nitrogens with zero attached hydrogens (tertiary/aromatic N) is 3. The summed E-state index contributed by atoms with van der Waals surface area (Å²) in [6.45, 7) is 6.65. The minimum atomic E-state index is -3.49. The number of sulfonamides is 1. The Morgan fingerprint density at radius 3 is 2.43 bits per heavy atom. The van der Waals surface area contributed by atoms with Gasteiger partial charge in [0.05, 0.1) is 4.90 Å². The van der Waals surface area contributed by atoms with Gasteiger partial charge in [0.25, 0.3) is 0 Å². The second kappa shape index (κ2) is 7.76. The maximum Gasteiger partial charge on any atom is 0.243 e. The van der Waals surface area contributed by atoms with Crippen LogP contribution >= 0.6 is 0 Å². The molecule has 2 aliphatic heterocycles. The average Bonchev–Trinajstić information content (AvgIpc) is 3.34. The van der Waals surface area contributed by atoms with Gasteiger partial charge in [-0.05, 0) is 49.9 Å². The Bertz CT molecular complexity index is 840. The van der Waals surface area contributed by atoms with Crippen LogP contribution in [0.5, 0.6) is 0 Å². The molecule has 0 bridgehead atoms. The fourth-order valence-corrected chi connectivity index (χ4v) is 6.52. The Morgan fingerprint density at radius 2 is 1.79 bits per heavy atom. The molecule has 0 spiro atoms. The Kier molecular flexibility index (Phi) is 5.51. The summed E-state index contributed by atoms with van der Waals surface area (Å²) in [4.78, 5) is 16.9. The number of hydrogen-bond donors (Lipinski definition) is 0. The van der Waals surface area contributed by atoms with E-state index in [1.54, 1.807) is 16.4 Å². The van der Waals surface area contributed by atoms with Crippen LogP contribution in [0.1, 0.15) is 51.5 Å². The molecule has 1 amide bonds. The number of fused-ring (bicyclic) bond motifs is 1. The van der Waals surface area contributed by atoms with E-state index in [1.165, 1.54) is 25.7 Å². The van der Waals surface area contributed by atoms with E-state index in [-0.39, 0.29) is 11.9 Å². The van der Waals surface area contributed by atoms with E-state index in [0.717, 1.165) is 24.3 Å². The Balaban J connectivity index is 1.50. The van der Waals surface area contributed by atoms with E-state index in [0.29, 0.717) is 36.9 Å². The predicted molar refractivity (Wildman–Crippen MR) is 110 cm³/mol. The van der Waals surface area contributed by atoms with Crippen LogP contribution in [-0.2, 0) is 21.2 Å². The molecule has 0 radical (unpaired) electrons. The summed E-state index contributed by atoms with van der Waals surface area (Å²) >= 11 is 0. The zero-order valence-electron chi connectivity index (χ0n) is 16.9. The molecule has 1 saturated carbocycles. The Labute approximate surface area is 168 Å². The standard InChI is InChI=1S/C21H31N3O3S/c1-3-21(25)24-16(2)14-17-15-19(8-9-20(17)24)28(26,27)23-12-10-22(11-13-23)18-6-4-5-7-18/h8-9,15-16,18H,3-7,10-14H2,1-2H3. The molecule has 1 saturated heterocycles. The second-order valence-electron chi connectivity index (χ2n) is 8.34. The topological polar surface area (TPSA) is 60.9 Å². The number of anilines is 1. The minimum absolute atomic E-state index is 0.0790. The number of piperazine rings is 1. The van der Waals surface area contributed by atoms with Crippen molar-refractivity contribution in [2.75, 3.05) is 31.1 Å². The smallest absolute Gasteiger partial charge is 0.243 e. The molecular weight excluding hydrogens is 374 g/mol. The summed E-state index contributed by atoms with van der Waals surface area (Å²) < 4.78 is 28.0. The van der Waals surface area contributed by atoms with E-state index in [2.05, 4.69) is 4.90 Å². The molecule has 1 aromatic rings. The summed E-state index contributed by atoms with van der Waals surface area (Å²) in [6, 6.07) is 6.00. The molecule has 154 valence electrons. The highest BCUT2D eigenvalue weighted by Crippen LogP contribution is 2.35. The highest BCUT2D eigenvalue weighted by Gasteiger charge is 2.34. The highest BCUT2D eigenvalue weighted by molar-refractivity contribution is 7.89. The Hall–Kier alpha value is -1.44. The van der Waals surface area contributed by atoms with Crippen molar-refractivity contribution in [3.63, 3.8) is 0 Å². The number of amides is 1. The lowest BCUT2D eigenvalue weighted by Crippen LogP contribution is -2.51. The van der Waals surface area contributed by atoms with Crippen LogP contribution < -0.4 is 4.90 Å². The lowest BCUT2D eigenvalue weighted by Gasteiger charge is -2.37. The third-order valence-electron chi connectivity index (χ3n) is 6.59. The van der Waals surface area contributed by atoms with Crippen LogP contribution in [0.2, 0.25) is 0 Å². The van der Waals surface area contributed by atoms with Gasteiger partial charge in [0, 0.05) is 50.4 Å². The van der Waals surface area contributed by atoms with E-state index < -0.39 is 10.0 Å². The van der Waals surface area contributed by atoms with Gasteiger partial charge in [0.2, 0.25) is 15.9 Å². The van der Waals surface area contributed by atoms with Crippen LogP contribution in [0.25, 0.3) is 0 Å². The Morgan fingerprint density at radius 1 is 1.11 bits per heavy atom. The summed E-state index contributed by atoms with van der Waals surface area (Å²) in [5.41, 5.74) is 1.82. The molecule has 2 heterocycles. The fraction of sp³-hybridized carbons (Fsp3) is 0.667. The maximum absolute atomic E-state index is 13.2. The third kappa shape index (κ3) is 3.48. The largest absolute Gasteiger partial charge is 0.309 e. The molecule has 1 unspecified atom stereocenters. The van der Waals surface area contributed by atoms with Gasteiger partial charge < -0.3 is 4.90 Å². The molecule has 1 atom stereocenters. The number of rotatable bonds is 4. The van der Waals surface area contributed by atoms with Crippen LogP contribution in [0.3, 0.4) is 0 Å². The van der Waals surface area contributed by atoms with Gasteiger partial charge in [-0.15, -0.1) is 0 Å². The van der Waals surface area contributed by atoms with Gasteiger partial charge in [-0.3, -0.25) is 9.69 Å². The summed E-state index contributed by atoms with van der Waals surface area (Å²) in [6.07, 6.45) is 6.27. The first-order valence-electron chi connectivity index (χ1n) is 10.6. The molecule has 4 rings (SSSR count). The molecule has 28 heavy (non-hydrogen) atoms. The fourth-order valence-electron chi connectivity index (χ4n) is 5.05. The third-order valence-corrected chi connectivity index (χ3v) is 8.48. The minimum Gasteiger partial charge on any atom is -0.309 e. The molecule has 1 aromatic carbocycles. The number of benzene rings is 1. The van der Waals surface area contributed by atoms with Crippen LogP contribution in [0, 0.1) is 0 Å². The van der Waals surface area contributed by atoms with Crippen molar-refractivity contribution in [1.82, 2.24) is 9.21 Å². The molecule has 7 heteroatoms. The van der Waals surface area contributed by atoms with Crippen molar-refractivity contribution in [3.05, 3.63) is 23.8 Å². The zero-order valence-corrected chi connectivity index (χ0v) is 17.7. The molecular formula is C21H31N3O3S. The molecule has 0 N–H and O–H groups in total. The quantitative estimate of drug-likeness (QED) is 0.773. The SMILES string of the molecule is CCC(=O)N1c2ccc(S(=O)(=O)N3CCN(C4CCCC4)CC3)cc2CC1C. The average molecular weight is 406 g/mol. The van der Waals surface area contributed by atoms with Crippen molar-refractivity contribution in [2.24, 2.45) is 0 Å². The van der Waals surface area contributed by atoms with E-state index >= 15 is 0 Å². The number of carbonyl (C=O) groups excluding carboxylic acids is 1. The van der Waals surface area contributed by atoms with Gasteiger partial charge in [-0.2, -0.15) is 4.31 Å². The molecule has 3 aliphatic rings. The lowest BCUT2D eigenvalue weighted by atomic mass is 10.1. The van der Waals surface area contributed by atoms with Gasteiger partial charge in [-0.25, -0.2) is 8.42 Å². The van der Waals surface area contributed by atoms with Crippen molar-refractivity contribution in [3.8, 4) is 0 Å². The van der Waals surface area contributed by atoms with Crippen LogP contribution in [0.4, 0.5) is 5.69 Å². The molecule has 6 nitrogen and oxygen atoms in total. The first-order chi connectivity index (χ1) is 13.4. The number of hydrogen-bond acceptors (Lipinski definition) is 4. The molecule has 2 fully saturated rings. The number of carbonyl (C=O) groups is 1. The lowest BCUT2D eigenvalue weighted by molar-refractivity contribution is -0.118. The summed E-state index contributed by atoms with van der Waals surface area (Å²) in [5.74, 6) is 0.0879. The van der Waals surface area contributed by atoms with Crippen molar-refractivity contribution in [1.29, 1.82) is 0 Å². The zero-order chi connectivity index (χ0) is 19.9. The first kappa shape index (κ1) is 19.9.